The molecule has 2 heterocycles. The average molecular weight is 537 g/mol. The maximum atomic E-state index is 12.4. The predicted molar refractivity (Wildman–Crippen MR) is 148 cm³/mol. The molecule has 4 rings (SSSR count). The van der Waals surface area contributed by atoms with Gasteiger partial charge in [0.2, 0.25) is 0 Å². The summed E-state index contributed by atoms with van der Waals surface area (Å²) in [6.07, 6.45) is 7.51. The first-order valence-electron chi connectivity index (χ1n) is 11.4. The highest BCUT2D eigenvalue weighted by atomic mass is 35.5. The second-order valence-electron chi connectivity index (χ2n) is 8.17. The Balaban J connectivity index is 1.54. The van der Waals surface area contributed by atoms with E-state index in [1.54, 1.807) is 48.5 Å². The number of benzene rings is 2. The van der Waals surface area contributed by atoms with Gasteiger partial charge in [0.25, 0.3) is 0 Å². The number of alkyl halides is 2. The summed E-state index contributed by atoms with van der Waals surface area (Å²) < 4.78 is 10.9. The fraction of sp³-hybridized carbons (Fsp3) is 0.138. The summed E-state index contributed by atoms with van der Waals surface area (Å²) in [4.78, 5) is 36.8. The van der Waals surface area contributed by atoms with Crippen LogP contribution < -0.4 is 11.3 Å². The third-order valence-electron chi connectivity index (χ3n) is 5.60. The number of para-hydroxylation sites is 2. The molecule has 0 aliphatic heterocycles. The van der Waals surface area contributed by atoms with Crippen LogP contribution in [-0.2, 0) is 17.6 Å². The van der Waals surface area contributed by atoms with E-state index in [4.69, 9.17) is 32.0 Å². The minimum Gasteiger partial charge on any atom is -0.508 e. The van der Waals surface area contributed by atoms with Crippen LogP contribution in [0.5, 0.6) is 0 Å². The first-order chi connectivity index (χ1) is 17.9. The number of aliphatic hydroxyl groups is 1. The van der Waals surface area contributed by atoms with Gasteiger partial charge in [-0.3, -0.25) is 4.79 Å². The molecule has 0 radical (unpaired) electrons. The van der Waals surface area contributed by atoms with E-state index in [-0.39, 0.29) is 5.76 Å². The molecule has 2 aromatic heterocycles. The number of carbonyl (C=O) groups is 1. The number of halogens is 2. The van der Waals surface area contributed by atoms with Gasteiger partial charge in [-0.15, -0.1) is 23.2 Å². The monoisotopic (exact) mass is 536 g/mol. The Kier molecular flexibility index (Phi) is 8.43. The maximum Gasteiger partial charge on any atom is 0.339 e. The minimum absolute atomic E-state index is 0.289. The largest absolute Gasteiger partial charge is 0.508 e. The number of ketones is 1. The molecule has 0 aliphatic rings. The number of hydrogen-bond acceptors (Lipinski definition) is 6. The molecule has 4 aromatic rings. The molecule has 0 aliphatic carbocycles. The maximum absolute atomic E-state index is 12.4. The van der Waals surface area contributed by atoms with Crippen LogP contribution in [0.3, 0.4) is 0 Å². The normalized spacial score (nSPS) is 12.3. The van der Waals surface area contributed by atoms with Crippen LogP contribution in [0.1, 0.15) is 22.3 Å². The Bertz CT molecular complexity index is 1670. The van der Waals surface area contributed by atoms with Crippen LogP contribution in [0.4, 0.5) is 0 Å². The van der Waals surface area contributed by atoms with E-state index in [0.29, 0.717) is 63.4 Å². The lowest BCUT2D eigenvalue weighted by Crippen LogP contribution is -2.07. The second kappa shape index (κ2) is 11.9. The Morgan fingerprint density at radius 1 is 0.784 bits per heavy atom. The van der Waals surface area contributed by atoms with Crippen molar-refractivity contribution < 1.29 is 18.7 Å². The number of aliphatic hydroxyl groups excluding tert-OH is 1. The Hall–Kier alpha value is -3.87. The van der Waals surface area contributed by atoms with E-state index in [0.717, 1.165) is 11.5 Å². The van der Waals surface area contributed by atoms with Gasteiger partial charge in [-0.1, -0.05) is 36.4 Å². The highest BCUT2D eigenvalue weighted by Gasteiger charge is 2.09. The lowest BCUT2D eigenvalue weighted by molar-refractivity contribution is -0.110. The molecule has 0 atom stereocenters. The molecule has 6 nitrogen and oxygen atoms in total. The Morgan fingerprint density at radius 3 is 1.76 bits per heavy atom. The van der Waals surface area contributed by atoms with Gasteiger partial charge in [0.15, 0.2) is 5.78 Å². The van der Waals surface area contributed by atoms with Crippen LogP contribution in [0.2, 0.25) is 0 Å². The number of carbonyl (C=O) groups excluding carboxylic acids is 1. The van der Waals surface area contributed by atoms with Crippen molar-refractivity contribution in [3.63, 3.8) is 0 Å². The smallest absolute Gasteiger partial charge is 0.339 e. The molecule has 0 spiro atoms. The number of rotatable bonds is 9. The van der Waals surface area contributed by atoms with E-state index >= 15 is 0 Å². The quantitative estimate of drug-likeness (QED) is 0.0898. The lowest BCUT2D eigenvalue weighted by Gasteiger charge is -2.03. The molecule has 0 amide bonds. The van der Waals surface area contributed by atoms with Gasteiger partial charge in [-0.05, 0) is 49.3 Å². The number of aryl methyl sites for hydroxylation is 2. The summed E-state index contributed by atoms with van der Waals surface area (Å²) in [5.41, 5.74) is 1.88. The molecule has 8 heteroatoms. The predicted octanol–water partition coefficient (Wildman–Crippen LogP) is 6.20. The van der Waals surface area contributed by atoms with E-state index in [9.17, 15) is 19.5 Å². The summed E-state index contributed by atoms with van der Waals surface area (Å²) in [6.45, 7) is 0. The summed E-state index contributed by atoms with van der Waals surface area (Å²) >= 11 is 11.5. The number of allylic oxidation sites excluding steroid dienone is 3. The topological polar surface area (TPSA) is 97.7 Å². The summed E-state index contributed by atoms with van der Waals surface area (Å²) in [6, 6.07) is 14.1. The van der Waals surface area contributed by atoms with Gasteiger partial charge in [0.1, 0.15) is 16.9 Å². The SMILES string of the molecule is O=C(/C=C(O)/C=C/c1cccc2cc(CCCl)c(=O)oc12)/C=C/c1cccc2cc(CCCl)c(=O)oc12. The summed E-state index contributed by atoms with van der Waals surface area (Å²) in [5, 5.41) is 11.7. The van der Waals surface area contributed by atoms with Crippen LogP contribution in [0.15, 0.2) is 90.9 Å². The summed E-state index contributed by atoms with van der Waals surface area (Å²) in [5.74, 6) is -0.154. The molecular formula is C29H22Cl2O6. The molecule has 0 saturated heterocycles. The molecule has 188 valence electrons. The number of fused-ring (bicyclic) bond motifs is 2. The van der Waals surface area contributed by atoms with Crippen molar-refractivity contribution in [2.24, 2.45) is 0 Å². The van der Waals surface area contributed by atoms with Gasteiger partial charge in [-0.25, -0.2) is 9.59 Å². The molecule has 0 bridgehead atoms. The van der Waals surface area contributed by atoms with Crippen molar-refractivity contribution in [1.82, 2.24) is 0 Å². The van der Waals surface area contributed by atoms with E-state index in [1.165, 1.54) is 18.2 Å². The van der Waals surface area contributed by atoms with Crippen LogP contribution in [-0.4, -0.2) is 22.6 Å². The van der Waals surface area contributed by atoms with E-state index < -0.39 is 17.0 Å². The third kappa shape index (κ3) is 6.28. The van der Waals surface area contributed by atoms with Crippen molar-refractivity contribution in [1.29, 1.82) is 0 Å². The van der Waals surface area contributed by atoms with Gasteiger partial charge >= 0.3 is 11.3 Å². The van der Waals surface area contributed by atoms with Crippen molar-refractivity contribution in [3.05, 3.63) is 116 Å². The van der Waals surface area contributed by atoms with E-state index in [2.05, 4.69) is 0 Å². The van der Waals surface area contributed by atoms with Crippen molar-refractivity contribution in [2.75, 3.05) is 11.8 Å². The van der Waals surface area contributed by atoms with Gasteiger partial charge in [0, 0.05) is 50.9 Å². The third-order valence-corrected chi connectivity index (χ3v) is 5.98. The molecule has 0 fully saturated rings. The average Bonchev–Trinajstić information content (AvgIpc) is 2.87. The molecule has 1 N–H and O–H groups in total. The molecule has 0 unspecified atom stereocenters. The van der Waals surface area contributed by atoms with Gasteiger partial charge in [0.05, 0.1) is 0 Å². The first-order valence-corrected chi connectivity index (χ1v) is 12.5. The zero-order valence-corrected chi connectivity index (χ0v) is 21.1. The number of hydrogen-bond donors (Lipinski definition) is 1. The van der Waals surface area contributed by atoms with Crippen molar-refractivity contribution in [3.8, 4) is 0 Å². The molecular weight excluding hydrogens is 515 g/mol. The summed E-state index contributed by atoms with van der Waals surface area (Å²) in [7, 11) is 0. The lowest BCUT2D eigenvalue weighted by atomic mass is 10.1. The Labute approximate surface area is 221 Å². The Morgan fingerprint density at radius 2 is 1.27 bits per heavy atom. The highest BCUT2D eigenvalue weighted by molar-refractivity contribution is 6.18. The zero-order valence-electron chi connectivity index (χ0n) is 19.6. The van der Waals surface area contributed by atoms with Crippen LogP contribution >= 0.6 is 23.2 Å². The van der Waals surface area contributed by atoms with Crippen molar-refractivity contribution >= 4 is 63.1 Å². The molecule has 37 heavy (non-hydrogen) atoms. The van der Waals surface area contributed by atoms with Crippen LogP contribution in [0.25, 0.3) is 34.1 Å². The zero-order chi connectivity index (χ0) is 26.4. The fourth-order valence-corrected chi connectivity index (χ4v) is 4.23. The minimum atomic E-state index is -0.476. The van der Waals surface area contributed by atoms with Gasteiger partial charge in [-0.2, -0.15) is 0 Å². The van der Waals surface area contributed by atoms with E-state index in [1.807, 2.05) is 6.07 Å². The molecule has 0 saturated carbocycles. The first kappa shape index (κ1) is 26.2. The van der Waals surface area contributed by atoms with Gasteiger partial charge < -0.3 is 13.9 Å². The van der Waals surface area contributed by atoms with Crippen molar-refractivity contribution in [2.45, 2.75) is 12.8 Å². The second-order valence-corrected chi connectivity index (χ2v) is 8.92. The fourth-order valence-electron chi connectivity index (χ4n) is 3.82. The molecule has 2 aromatic carbocycles. The van der Waals surface area contributed by atoms with Crippen LogP contribution in [0, 0.1) is 0 Å². The highest BCUT2D eigenvalue weighted by Crippen LogP contribution is 2.21. The standard InChI is InChI=1S/C29H22Cl2O6/c30-13-11-22-15-20-5-1-3-18(26(20)36-28(22)34)7-9-24(32)17-25(33)10-8-19-4-2-6-21-16-23(12-14-31)29(35)37-27(19)21/h1-10,15-17,32H,11-14H2/b9-7+,10-8+,24-17-.